The maximum absolute atomic E-state index is 13.5. The highest BCUT2D eigenvalue weighted by atomic mass is 35.5. The Morgan fingerprint density at radius 3 is 2.88 bits per heavy atom. The highest BCUT2D eigenvalue weighted by Gasteiger charge is 2.12. The highest BCUT2D eigenvalue weighted by molar-refractivity contribution is 8.01. The first-order valence-electron chi connectivity index (χ1n) is 7.40. The third-order valence-corrected chi connectivity index (χ3v) is 5.54. The molecule has 3 aromatic rings. The maximum atomic E-state index is 13.5. The van der Waals surface area contributed by atoms with Crippen molar-refractivity contribution in [2.45, 2.75) is 4.34 Å². The molecule has 5 nitrogen and oxygen atoms in total. The van der Waals surface area contributed by atoms with Gasteiger partial charge in [-0.05, 0) is 30.3 Å². The number of anilines is 1. The molecule has 1 N–H and O–H groups in total. The van der Waals surface area contributed by atoms with Gasteiger partial charge in [0.1, 0.15) is 5.82 Å². The molecule has 1 heterocycles. The lowest BCUT2D eigenvalue weighted by atomic mass is 10.3. The van der Waals surface area contributed by atoms with Gasteiger partial charge in [0.25, 0.3) is 5.91 Å². The first kappa shape index (κ1) is 18.6. The second kappa shape index (κ2) is 8.48. The number of halogens is 2. The van der Waals surface area contributed by atoms with Gasteiger partial charge in [0.15, 0.2) is 10.9 Å². The number of hydrogen-bond acceptors (Lipinski definition) is 6. The van der Waals surface area contributed by atoms with E-state index < -0.39 is 24.3 Å². The lowest BCUT2D eigenvalue weighted by Gasteiger charge is -2.07. The van der Waals surface area contributed by atoms with Crippen molar-refractivity contribution in [1.29, 1.82) is 0 Å². The van der Waals surface area contributed by atoms with Crippen LogP contribution >= 0.6 is 34.7 Å². The zero-order chi connectivity index (χ0) is 18.5. The monoisotopic (exact) mass is 410 g/mol. The number of rotatable bonds is 6. The van der Waals surface area contributed by atoms with Gasteiger partial charge in [0.05, 0.1) is 21.7 Å². The van der Waals surface area contributed by atoms with Gasteiger partial charge in [-0.3, -0.25) is 9.59 Å². The number of carbonyl (C=O) groups excluding carboxylic acids is 2. The third kappa shape index (κ3) is 4.94. The molecule has 0 saturated carbocycles. The molecule has 0 bridgehead atoms. The van der Waals surface area contributed by atoms with Crippen LogP contribution in [0, 0.1) is 5.82 Å². The summed E-state index contributed by atoms with van der Waals surface area (Å²) < 4.78 is 20.2. The molecule has 0 aliphatic carbocycles. The maximum Gasteiger partial charge on any atom is 0.316 e. The molecular formula is C17H12ClFN2O3S2. The average Bonchev–Trinajstić information content (AvgIpc) is 3.04. The minimum absolute atomic E-state index is 0.0264. The molecule has 0 unspecified atom stereocenters. The molecule has 0 spiro atoms. The van der Waals surface area contributed by atoms with Crippen LogP contribution in [0.3, 0.4) is 0 Å². The van der Waals surface area contributed by atoms with E-state index in [-0.39, 0.29) is 16.5 Å². The van der Waals surface area contributed by atoms with Gasteiger partial charge in [-0.25, -0.2) is 9.37 Å². The van der Waals surface area contributed by atoms with Gasteiger partial charge >= 0.3 is 5.97 Å². The van der Waals surface area contributed by atoms with Crippen LogP contribution in [-0.2, 0) is 14.3 Å². The van der Waals surface area contributed by atoms with Crippen molar-refractivity contribution >= 4 is 62.5 Å². The fourth-order valence-electron chi connectivity index (χ4n) is 2.00. The van der Waals surface area contributed by atoms with Crippen LogP contribution in [0.1, 0.15) is 0 Å². The van der Waals surface area contributed by atoms with Crippen molar-refractivity contribution in [1.82, 2.24) is 4.98 Å². The standard InChI is InChI=1S/C17H12ClFN2O3S2/c18-10-5-6-11(19)13(7-10)20-15(22)8-24-16(23)9-25-17-21-12-3-1-2-4-14(12)26-17/h1-7H,8-9H2,(H,20,22). The summed E-state index contributed by atoms with van der Waals surface area (Å²) in [7, 11) is 0. The molecule has 26 heavy (non-hydrogen) atoms. The number of amides is 1. The second-order valence-electron chi connectivity index (χ2n) is 5.07. The fourth-order valence-corrected chi connectivity index (χ4v) is 4.04. The molecule has 134 valence electrons. The second-order valence-corrected chi connectivity index (χ2v) is 7.76. The average molecular weight is 411 g/mol. The number of para-hydroxylation sites is 1. The van der Waals surface area contributed by atoms with E-state index in [1.165, 1.54) is 35.2 Å². The Balaban J connectivity index is 1.46. The summed E-state index contributed by atoms with van der Waals surface area (Å²) in [6.07, 6.45) is 0. The van der Waals surface area contributed by atoms with Crippen molar-refractivity contribution in [3.63, 3.8) is 0 Å². The van der Waals surface area contributed by atoms with Gasteiger partial charge in [-0.2, -0.15) is 0 Å². The Kier molecular flexibility index (Phi) is 6.08. The first-order valence-corrected chi connectivity index (χ1v) is 9.58. The molecule has 9 heteroatoms. The van der Waals surface area contributed by atoms with Crippen LogP contribution in [0.5, 0.6) is 0 Å². The number of thiazole rings is 1. The van der Waals surface area contributed by atoms with E-state index >= 15 is 0 Å². The molecular weight excluding hydrogens is 399 g/mol. The third-order valence-electron chi connectivity index (χ3n) is 3.15. The van der Waals surface area contributed by atoms with Gasteiger partial charge in [-0.15, -0.1) is 11.3 Å². The zero-order valence-corrected chi connectivity index (χ0v) is 15.6. The molecule has 0 atom stereocenters. The number of benzene rings is 2. The predicted molar refractivity (Wildman–Crippen MR) is 101 cm³/mol. The summed E-state index contributed by atoms with van der Waals surface area (Å²) in [5, 5.41) is 2.59. The quantitative estimate of drug-likeness (QED) is 0.483. The van der Waals surface area contributed by atoms with Crippen LogP contribution in [0.15, 0.2) is 46.8 Å². The number of esters is 1. The summed E-state index contributed by atoms with van der Waals surface area (Å²) in [5.41, 5.74) is 0.804. The summed E-state index contributed by atoms with van der Waals surface area (Å²) in [6, 6.07) is 11.4. The summed E-state index contributed by atoms with van der Waals surface area (Å²) in [6.45, 7) is -0.509. The fraction of sp³-hybridized carbons (Fsp3) is 0.118. The van der Waals surface area contributed by atoms with Crippen LogP contribution in [0.25, 0.3) is 10.2 Å². The van der Waals surface area contributed by atoms with Crippen molar-refractivity contribution in [3.05, 3.63) is 53.3 Å². The summed E-state index contributed by atoms with van der Waals surface area (Å²) in [5.74, 6) is -1.81. The number of thioether (sulfide) groups is 1. The molecule has 0 aliphatic rings. The largest absolute Gasteiger partial charge is 0.455 e. The Morgan fingerprint density at radius 1 is 1.27 bits per heavy atom. The lowest BCUT2D eigenvalue weighted by Crippen LogP contribution is -2.22. The van der Waals surface area contributed by atoms with Crippen LogP contribution < -0.4 is 5.32 Å². The minimum atomic E-state index is -0.649. The molecule has 1 aromatic heterocycles. The normalized spacial score (nSPS) is 10.7. The first-order chi connectivity index (χ1) is 12.5. The van der Waals surface area contributed by atoms with Gasteiger partial charge in [-0.1, -0.05) is 35.5 Å². The molecule has 2 aromatic carbocycles. The predicted octanol–water partition coefficient (Wildman–Crippen LogP) is 4.36. The molecule has 3 rings (SSSR count). The number of fused-ring (bicyclic) bond motifs is 1. The van der Waals surface area contributed by atoms with E-state index in [4.69, 9.17) is 16.3 Å². The number of nitrogens with one attached hydrogen (secondary N) is 1. The van der Waals surface area contributed by atoms with Crippen LogP contribution in [0.4, 0.5) is 10.1 Å². The van der Waals surface area contributed by atoms with Crippen molar-refractivity contribution in [3.8, 4) is 0 Å². The Morgan fingerprint density at radius 2 is 2.08 bits per heavy atom. The van der Waals surface area contributed by atoms with Crippen molar-refractivity contribution in [2.75, 3.05) is 17.7 Å². The topological polar surface area (TPSA) is 68.3 Å². The van der Waals surface area contributed by atoms with Gasteiger partial charge in [0, 0.05) is 5.02 Å². The van der Waals surface area contributed by atoms with Crippen molar-refractivity contribution < 1.29 is 18.7 Å². The number of aromatic nitrogens is 1. The molecule has 0 fully saturated rings. The summed E-state index contributed by atoms with van der Waals surface area (Å²) in [4.78, 5) is 27.9. The SMILES string of the molecule is O=C(COC(=O)CSc1nc2ccccc2s1)Nc1cc(Cl)ccc1F. The van der Waals surface area contributed by atoms with Gasteiger partial charge < -0.3 is 10.1 Å². The van der Waals surface area contributed by atoms with E-state index in [0.29, 0.717) is 0 Å². The lowest BCUT2D eigenvalue weighted by molar-refractivity contribution is -0.144. The Hall–Kier alpha value is -2.16. The Bertz CT molecular complexity index is 931. The minimum Gasteiger partial charge on any atom is -0.455 e. The number of nitrogens with zero attached hydrogens (tertiary/aromatic N) is 1. The van der Waals surface area contributed by atoms with Gasteiger partial charge in [0.2, 0.25) is 0 Å². The van der Waals surface area contributed by atoms with Crippen LogP contribution in [0.2, 0.25) is 5.02 Å². The summed E-state index contributed by atoms with van der Waals surface area (Å²) >= 11 is 8.46. The highest BCUT2D eigenvalue weighted by Crippen LogP contribution is 2.29. The van der Waals surface area contributed by atoms with E-state index in [2.05, 4.69) is 10.3 Å². The Labute approximate surface area is 161 Å². The van der Waals surface area contributed by atoms with E-state index in [0.717, 1.165) is 20.6 Å². The number of hydrogen-bond donors (Lipinski definition) is 1. The van der Waals surface area contributed by atoms with E-state index in [9.17, 15) is 14.0 Å². The zero-order valence-electron chi connectivity index (χ0n) is 13.2. The van der Waals surface area contributed by atoms with E-state index in [1.807, 2.05) is 24.3 Å². The van der Waals surface area contributed by atoms with E-state index in [1.54, 1.807) is 0 Å². The van der Waals surface area contributed by atoms with Crippen molar-refractivity contribution in [2.24, 2.45) is 0 Å². The van der Waals surface area contributed by atoms with Crippen LogP contribution in [-0.4, -0.2) is 29.2 Å². The smallest absolute Gasteiger partial charge is 0.316 e. The number of ether oxygens (including phenoxy) is 1. The molecule has 0 saturated heterocycles. The molecule has 0 radical (unpaired) electrons. The number of carbonyl (C=O) groups is 2. The molecule has 0 aliphatic heterocycles. The molecule has 1 amide bonds.